The molecule has 0 aliphatic carbocycles. The van der Waals surface area contributed by atoms with E-state index in [4.69, 9.17) is 0 Å². The van der Waals surface area contributed by atoms with Gasteiger partial charge in [-0.15, -0.1) is 0 Å². The van der Waals surface area contributed by atoms with Gasteiger partial charge in [0.15, 0.2) is 11.6 Å². The topological polar surface area (TPSA) is 58.2 Å². The van der Waals surface area contributed by atoms with Crippen molar-refractivity contribution in [2.45, 2.75) is 12.8 Å². The van der Waals surface area contributed by atoms with Crippen LogP contribution in [0.1, 0.15) is 12.8 Å². The molecule has 0 spiro atoms. The highest BCUT2D eigenvalue weighted by Crippen LogP contribution is 2.25. The fourth-order valence-electron chi connectivity index (χ4n) is 2.21. The summed E-state index contributed by atoms with van der Waals surface area (Å²) in [6, 6.07) is 2.03. The summed E-state index contributed by atoms with van der Waals surface area (Å²) in [6.07, 6.45) is 1.69. The predicted octanol–water partition coefficient (Wildman–Crippen LogP) is 2.47. The van der Waals surface area contributed by atoms with Crippen LogP contribution in [0.25, 0.3) is 0 Å². The number of hydrogen-bond donors (Lipinski definition) is 2. The third kappa shape index (κ3) is 4.13. The molecule has 112 valence electrons. The van der Waals surface area contributed by atoms with Crippen LogP contribution >= 0.6 is 15.9 Å². The van der Waals surface area contributed by atoms with Crippen LogP contribution in [0.5, 0.6) is 0 Å². The normalized spacial score (nSPS) is 19.9. The first kappa shape index (κ1) is 15.7. The van der Waals surface area contributed by atoms with Gasteiger partial charge in [-0.25, -0.2) is 17.2 Å². The van der Waals surface area contributed by atoms with E-state index in [0.717, 1.165) is 31.5 Å². The minimum atomic E-state index is -3.78. The Morgan fingerprint density at radius 2 is 2.00 bits per heavy atom. The molecule has 8 heteroatoms. The molecule has 1 aliphatic heterocycles. The summed E-state index contributed by atoms with van der Waals surface area (Å²) >= 11 is 2.94. The van der Waals surface area contributed by atoms with Gasteiger partial charge in [0.05, 0.1) is 5.75 Å². The molecule has 4 nitrogen and oxygen atoms in total. The van der Waals surface area contributed by atoms with E-state index in [1.165, 1.54) is 0 Å². The maximum absolute atomic E-state index is 13.6. The summed E-state index contributed by atoms with van der Waals surface area (Å²) in [6.45, 7) is 1.48. The minimum Gasteiger partial charge on any atom is -0.316 e. The number of benzene rings is 1. The van der Waals surface area contributed by atoms with Gasteiger partial charge in [-0.1, -0.05) is 15.9 Å². The summed E-state index contributed by atoms with van der Waals surface area (Å²) in [4.78, 5) is 0. The Kier molecular flexibility index (Phi) is 4.98. The number of anilines is 1. The van der Waals surface area contributed by atoms with Crippen molar-refractivity contribution >= 4 is 31.6 Å². The average Bonchev–Trinajstić information content (AvgIpc) is 2.34. The van der Waals surface area contributed by atoms with E-state index in [1.807, 2.05) is 4.72 Å². The first-order chi connectivity index (χ1) is 9.37. The fraction of sp³-hybridized carbons (Fsp3) is 0.500. The van der Waals surface area contributed by atoms with Crippen LogP contribution in [0.2, 0.25) is 0 Å². The molecule has 1 aliphatic rings. The second kappa shape index (κ2) is 6.36. The quantitative estimate of drug-likeness (QED) is 0.858. The molecule has 1 saturated heterocycles. The van der Waals surface area contributed by atoms with Gasteiger partial charge in [-0.3, -0.25) is 4.72 Å². The largest absolute Gasteiger partial charge is 0.316 e. The van der Waals surface area contributed by atoms with Crippen LogP contribution in [0.4, 0.5) is 14.5 Å². The lowest BCUT2D eigenvalue weighted by molar-refractivity contribution is 0.404. The molecule has 0 radical (unpaired) electrons. The van der Waals surface area contributed by atoms with Gasteiger partial charge >= 0.3 is 0 Å². The minimum absolute atomic E-state index is 0.0391. The number of piperidine rings is 1. The van der Waals surface area contributed by atoms with Gasteiger partial charge in [0, 0.05) is 4.47 Å². The van der Waals surface area contributed by atoms with Crippen LogP contribution in [-0.4, -0.2) is 27.3 Å². The summed E-state index contributed by atoms with van der Waals surface area (Å²) in [7, 11) is -3.78. The van der Waals surface area contributed by atoms with Crippen molar-refractivity contribution in [1.29, 1.82) is 0 Å². The molecule has 1 aromatic carbocycles. The molecule has 20 heavy (non-hydrogen) atoms. The highest BCUT2D eigenvalue weighted by atomic mass is 79.9. The summed E-state index contributed by atoms with van der Waals surface area (Å²) in [5, 5.41) is 3.10. The molecule has 1 aromatic rings. The number of hydrogen-bond acceptors (Lipinski definition) is 3. The Morgan fingerprint density at radius 1 is 1.35 bits per heavy atom. The van der Waals surface area contributed by atoms with Gasteiger partial charge in [-0.2, -0.15) is 0 Å². The van der Waals surface area contributed by atoms with Gasteiger partial charge in [0.25, 0.3) is 0 Å². The average molecular weight is 369 g/mol. The van der Waals surface area contributed by atoms with Crippen molar-refractivity contribution < 1.29 is 17.2 Å². The molecule has 0 saturated carbocycles. The van der Waals surface area contributed by atoms with Crippen molar-refractivity contribution in [1.82, 2.24) is 5.32 Å². The van der Waals surface area contributed by atoms with E-state index in [1.54, 1.807) is 0 Å². The number of nitrogens with one attached hydrogen (secondary N) is 2. The lowest BCUT2D eigenvalue weighted by atomic mass is 10.0. The Hall–Kier alpha value is -0.730. The lowest BCUT2D eigenvalue weighted by Crippen LogP contribution is -2.35. The van der Waals surface area contributed by atoms with E-state index >= 15 is 0 Å². The number of halogens is 3. The van der Waals surface area contributed by atoms with Crippen LogP contribution in [-0.2, 0) is 10.0 Å². The first-order valence-electron chi connectivity index (χ1n) is 6.23. The standard InChI is InChI=1S/C12H15BrF2N2O2S/c13-9-4-10(14)12(11(15)5-9)17-20(18,19)7-8-2-1-3-16-6-8/h4-5,8,16-17H,1-3,6-7H2. The highest BCUT2D eigenvalue weighted by Gasteiger charge is 2.23. The molecular weight excluding hydrogens is 354 g/mol. The first-order valence-corrected chi connectivity index (χ1v) is 8.67. The molecule has 0 bridgehead atoms. The molecule has 0 aromatic heterocycles. The smallest absolute Gasteiger partial charge is 0.233 e. The summed E-state index contributed by atoms with van der Waals surface area (Å²) in [5.74, 6) is -2.07. The van der Waals surface area contributed by atoms with Crippen molar-refractivity contribution in [2.24, 2.45) is 5.92 Å². The fourth-order valence-corrected chi connectivity index (χ4v) is 4.11. The SMILES string of the molecule is O=S(=O)(CC1CCCNC1)Nc1c(F)cc(Br)cc1F. The van der Waals surface area contributed by atoms with Crippen molar-refractivity contribution in [2.75, 3.05) is 23.6 Å². The van der Waals surface area contributed by atoms with Crippen molar-refractivity contribution in [3.63, 3.8) is 0 Å². The molecule has 1 atom stereocenters. The predicted molar refractivity (Wildman–Crippen MR) is 77.1 cm³/mol. The van der Waals surface area contributed by atoms with Crippen molar-refractivity contribution in [3.05, 3.63) is 28.2 Å². The van der Waals surface area contributed by atoms with E-state index in [0.29, 0.717) is 6.54 Å². The second-order valence-corrected chi connectivity index (χ2v) is 7.52. The van der Waals surface area contributed by atoms with Crippen molar-refractivity contribution in [3.8, 4) is 0 Å². The van der Waals surface area contributed by atoms with E-state index < -0.39 is 27.3 Å². The molecule has 1 heterocycles. The summed E-state index contributed by atoms with van der Waals surface area (Å²) in [5.41, 5.74) is -0.628. The molecular formula is C12H15BrF2N2O2S. The Morgan fingerprint density at radius 3 is 2.55 bits per heavy atom. The van der Waals surface area contributed by atoms with E-state index in [2.05, 4.69) is 21.2 Å². The zero-order chi connectivity index (χ0) is 14.8. The molecule has 1 fully saturated rings. The molecule has 2 rings (SSSR count). The molecule has 0 amide bonds. The highest BCUT2D eigenvalue weighted by molar-refractivity contribution is 9.10. The van der Waals surface area contributed by atoms with Gasteiger partial charge in [-0.05, 0) is 44.0 Å². The third-order valence-corrected chi connectivity index (χ3v) is 5.00. The van der Waals surface area contributed by atoms with Crippen LogP contribution in [0.15, 0.2) is 16.6 Å². The van der Waals surface area contributed by atoms with E-state index in [-0.39, 0.29) is 16.1 Å². The second-order valence-electron chi connectivity index (χ2n) is 4.84. The maximum atomic E-state index is 13.6. The zero-order valence-corrected chi connectivity index (χ0v) is 13.0. The van der Waals surface area contributed by atoms with Crippen LogP contribution < -0.4 is 10.0 Å². The number of sulfonamides is 1. The third-order valence-electron chi connectivity index (χ3n) is 3.12. The molecule has 1 unspecified atom stereocenters. The maximum Gasteiger partial charge on any atom is 0.233 e. The number of rotatable bonds is 4. The van der Waals surface area contributed by atoms with Crippen LogP contribution in [0.3, 0.4) is 0 Å². The lowest BCUT2D eigenvalue weighted by Gasteiger charge is -2.22. The monoisotopic (exact) mass is 368 g/mol. The summed E-state index contributed by atoms with van der Waals surface area (Å²) < 4.78 is 53.4. The Labute approximate surface area is 125 Å². The van der Waals surface area contributed by atoms with Gasteiger partial charge in [0.1, 0.15) is 5.69 Å². The Balaban J connectivity index is 2.11. The van der Waals surface area contributed by atoms with Gasteiger partial charge < -0.3 is 5.32 Å². The van der Waals surface area contributed by atoms with Gasteiger partial charge in [0.2, 0.25) is 10.0 Å². The van der Waals surface area contributed by atoms with E-state index in [9.17, 15) is 17.2 Å². The Bertz CT molecular complexity index is 566. The van der Waals surface area contributed by atoms with Crippen LogP contribution in [0, 0.1) is 17.6 Å². The molecule has 2 N–H and O–H groups in total. The zero-order valence-electron chi connectivity index (χ0n) is 10.6.